The minimum absolute atomic E-state index is 0.00631. The minimum Gasteiger partial charge on any atom is -0.489 e. The predicted molar refractivity (Wildman–Crippen MR) is 221 cm³/mol. The van der Waals surface area contributed by atoms with Gasteiger partial charge in [0.15, 0.2) is 29.2 Å². The molecule has 5 aromatic carbocycles. The number of aromatic nitrogens is 1. The zero-order chi connectivity index (χ0) is 42.1. The monoisotopic (exact) mass is 849 g/mol. The molecule has 60 heavy (non-hydrogen) atoms. The molecule has 0 fully saturated rings. The third-order valence-corrected chi connectivity index (χ3v) is 11.3. The number of carbonyl (C=O) groups is 3. The number of ether oxygens (including phenoxy) is 3. The number of benzene rings is 5. The number of carboxylic acids is 1. The summed E-state index contributed by atoms with van der Waals surface area (Å²) in [5, 5.41) is 13.8. The lowest BCUT2D eigenvalue weighted by atomic mass is 9.91. The Morgan fingerprint density at radius 2 is 1.57 bits per heavy atom. The number of nitrogens with zero attached hydrogens (tertiary/aromatic N) is 2. The van der Waals surface area contributed by atoms with Gasteiger partial charge < -0.3 is 34.0 Å². The third-order valence-electron chi connectivity index (χ3n) is 10.6. The van der Waals surface area contributed by atoms with Gasteiger partial charge in [-0.1, -0.05) is 77.8 Å². The molecule has 6 aromatic rings. The summed E-state index contributed by atoms with van der Waals surface area (Å²) in [6, 6.07) is 27.3. The Kier molecular flexibility index (Phi) is 11.5. The van der Waals surface area contributed by atoms with E-state index in [1.807, 2.05) is 54.6 Å². The fourth-order valence-electron chi connectivity index (χ4n) is 7.38. The Hall–Kier alpha value is -6.37. The van der Waals surface area contributed by atoms with Crippen LogP contribution in [0, 0.1) is 19.7 Å². The van der Waals surface area contributed by atoms with E-state index in [2.05, 4.69) is 10.3 Å². The number of aliphatic carboxylic acids is 1. The van der Waals surface area contributed by atoms with Gasteiger partial charge in [0.2, 0.25) is 5.91 Å². The van der Waals surface area contributed by atoms with Crippen molar-refractivity contribution in [3.8, 4) is 28.4 Å². The van der Waals surface area contributed by atoms with Crippen molar-refractivity contribution in [1.29, 1.82) is 0 Å². The molecule has 3 atom stereocenters. The molecule has 0 radical (unpaired) electrons. The van der Waals surface area contributed by atoms with Gasteiger partial charge in [-0.15, -0.1) is 0 Å². The van der Waals surface area contributed by atoms with Gasteiger partial charge >= 0.3 is 5.97 Å². The maximum Gasteiger partial charge on any atom is 0.326 e. The van der Waals surface area contributed by atoms with Crippen LogP contribution in [0.15, 0.2) is 108 Å². The highest BCUT2D eigenvalue weighted by atomic mass is 35.5. The van der Waals surface area contributed by atoms with Crippen molar-refractivity contribution in [3.63, 3.8) is 0 Å². The second-order valence-corrected chi connectivity index (χ2v) is 15.5. The molecule has 2 amide bonds. The van der Waals surface area contributed by atoms with E-state index < -0.39 is 36.0 Å². The molecule has 3 heterocycles. The van der Waals surface area contributed by atoms with Crippen LogP contribution in [0.4, 0.5) is 4.39 Å². The Bertz CT molecular complexity index is 2580. The van der Waals surface area contributed by atoms with Crippen LogP contribution in [0.5, 0.6) is 17.2 Å². The van der Waals surface area contributed by atoms with Crippen LogP contribution >= 0.6 is 23.2 Å². The van der Waals surface area contributed by atoms with Crippen molar-refractivity contribution in [3.05, 3.63) is 164 Å². The molecule has 8 rings (SSSR count). The first kappa shape index (κ1) is 40.4. The van der Waals surface area contributed by atoms with E-state index in [1.54, 1.807) is 50.2 Å². The summed E-state index contributed by atoms with van der Waals surface area (Å²) >= 11 is 12.2. The summed E-state index contributed by atoms with van der Waals surface area (Å²) in [7, 11) is 0. The SMILES string of the molecule is Cc1nc(C(=O)N2Cc3cc4c(cc3C[C@H]2C(=O)N[C@@H](Cc2ccc(-c3ccc(F)cc3)cc2)C(=O)O)OC[C@H](c2ccc(OCc3ccc(Cl)c(Cl)c3)cc2)O4)c(C)o1. The molecule has 0 saturated heterocycles. The van der Waals surface area contributed by atoms with Crippen LogP contribution in [-0.4, -0.2) is 51.5 Å². The number of rotatable bonds is 11. The lowest BCUT2D eigenvalue weighted by Gasteiger charge is -2.37. The normalized spacial score (nSPS) is 16.1. The van der Waals surface area contributed by atoms with Gasteiger partial charge in [0.05, 0.1) is 10.0 Å². The van der Waals surface area contributed by atoms with Gasteiger partial charge in [0.25, 0.3) is 5.91 Å². The first-order valence-corrected chi connectivity index (χ1v) is 19.9. The third kappa shape index (κ3) is 8.80. The highest BCUT2D eigenvalue weighted by molar-refractivity contribution is 6.42. The zero-order valence-corrected chi connectivity index (χ0v) is 33.9. The minimum atomic E-state index is -1.30. The zero-order valence-electron chi connectivity index (χ0n) is 32.4. The van der Waals surface area contributed by atoms with Crippen molar-refractivity contribution in [2.45, 2.75) is 58.0 Å². The second kappa shape index (κ2) is 17.1. The van der Waals surface area contributed by atoms with E-state index in [9.17, 15) is 23.9 Å². The van der Waals surface area contributed by atoms with Gasteiger partial charge in [-0.3, -0.25) is 9.59 Å². The topological polar surface area (TPSA) is 140 Å². The van der Waals surface area contributed by atoms with Gasteiger partial charge in [0, 0.05) is 26.3 Å². The van der Waals surface area contributed by atoms with Crippen molar-refractivity contribution in [2.75, 3.05) is 6.61 Å². The fraction of sp³-hybridized carbons (Fsp3) is 0.217. The molecular weight excluding hydrogens is 812 g/mol. The van der Waals surface area contributed by atoms with Crippen LogP contribution in [0.2, 0.25) is 10.0 Å². The maximum atomic E-state index is 14.2. The Labute approximate surface area is 354 Å². The first-order chi connectivity index (χ1) is 28.9. The summed E-state index contributed by atoms with van der Waals surface area (Å²) in [5.41, 5.74) is 5.58. The summed E-state index contributed by atoms with van der Waals surface area (Å²) in [5.74, 6) is -0.539. The van der Waals surface area contributed by atoms with Crippen LogP contribution < -0.4 is 19.5 Å². The summed E-state index contributed by atoms with van der Waals surface area (Å²) in [6.45, 7) is 3.79. The number of hydrogen-bond acceptors (Lipinski definition) is 8. The summed E-state index contributed by atoms with van der Waals surface area (Å²) in [6.07, 6.45) is -0.379. The van der Waals surface area contributed by atoms with E-state index in [1.165, 1.54) is 17.0 Å². The summed E-state index contributed by atoms with van der Waals surface area (Å²) in [4.78, 5) is 46.5. The molecule has 0 spiro atoms. The predicted octanol–water partition coefficient (Wildman–Crippen LogP) is 8.88. The van der Waals surface area contributed by atoms with Gasteiger partial charge in [0.1, 0.15) is 42.6 Å². The van der Waals surface area contributed by atoms with Crippen LogP contribution in [0.3, 0.4) is 0 Å². The number of hydrogen-bond donors (Lipinski definition) is 2. The van der Waals surface area contributed by atoms with E-state index in [-0.39, 0.29) is 37.5 Å². The molecule has 306 valence electrons. The molecule has 0 unspecified atom stereocenters. The van der Waals surface area contributed by atoms with Crippen LogP contribution in [0.25, 0.3) is 11.1 Å². The van der Waals surface area contributed by atoms with Crippen molar-refractivity contribution < 1.29 is 42.5 Å². The van der Waals surface area contributed by atoms with Crippen LogP contribution in [0.1, 0.15) is 56.1 Å². The smallest absolute Gasteiger partial charge is 0.326 e. The Balaban J connectivity index is 0.989. The second-order valence-electron chi connectivity index (χ2n) is 14.7. The number of carbonyl (C=O) groups excluding carboxylic acids is 2. The molecule has 0 saturated carbocycles. The molecule has 0 aliphatic carbocycles. The highest BCUT2D eigenvalue weighted by Gasteiger charge is 2.39. The van der Waals surface area contributed by atoms with E-state index >= 15 is 0 Å². The van der Waals surface area contributed by atoms with Crippen molar-refractivity contribution >= 4 is 41.0 Å². The number of nitrogens with one attached hydrogen (secondary N) is 1. The average molecular weight is 851 g/mol. The van der Waals surface area contributed by atoms with Gasteiger partial charge in [-0.2, -0.15) is 0 Å². The van der Waals surface area contributed by atoms with E-state index in [0.717, 1.165) is 33.4 Å². The van der Waals surface area contributed by atoms with Crippen LogP contribution in [-0.2, 0) is 35.6 Å². The van der Waals surface area contributed by atoms with Gasteiger partial charge in [-0.05, 0) is 94.4 Å². The first-order valence-electron chi connectivity index (χ1n) is 19.1. The lowest BCUT2D eigenvalue weighted by molar-refractivity contribution is -0.142. The maximum absolute atomic E-state index is 14.2. The molecule has 0 bridgehead atoms. The van der Waals surface area contributed by atoms with Crippen molar-refractivity contribution in [1.82, 2.24) is 15.2 Å². The number of amides is 2. The Morgan fingerprint density at radius 3 is 2.23 bits per heavy atom. The number of halogens is 3. The van der Waals surface area contributed by atoms with Gasteiger partial charge in [-0.25, -0.2) is 14.2 Å². The average Bonchev–Trinajstić information content (AvgIpc) is 3.59. The lowest BCUT2D eigenvalue weighted by Crippen LogP contribution is -2.56. The molecule has 11 nitrogen and oxygen atoms in total. The van der Waals surface area contributed by atoms with Crippen molar-refractivity contribution in [2.24, 2.45) is 0 Å². The summed E-state index contributed by atoms with van der Waals surface area (Å²) < 4.78 is 37.6. The number of oxazole rings is 1. The number of aryl methyl sites for hydroxylation is 2. The van der Waals surface area contributed by atoms with E-state index in [4.69, 9.17) is 41.8 Å². The molecule has 1 aromatic heterocycles. The fourth-order valence-corrected chi connectivity index (χ4v) is 7.70. The standard InChI is InChI=1S/C46H38Cl2FN3O8/c1-25-43(50-26(2)59-25)45(54)52-22-33-21-41-40(58-24-42(60-41)31-10-14-35(15-11-31)57-23-28-5-16-36(47)37(48)17-28)20-32(33)19-39(52)44(53)51-38(46(55)56)18-27-3-6-29(7-4-27)30-8-12-34(49)13-9-30/h3-17,20-21,38-39,42H,18-19,22-24H2,1-2H3,(H,51,53)(H,55,56)/t38-,39-,42+/m0/s1. The number of fused-ring (bicyclic) bond motifs is 2. The molecular formula is C46H38Cl2FN3O8. The quantitative estimate of drug-likeness (QED) is 0.131. The highest BCUT2D eigenvalue weighted by Crippen LogP contribution is 2.41. The largest absolute Gasteiger partial charge is 0.489 e. The Morgan fingerprint density at radius 1 is 0.883 bits per heavy atom. The molecule has 14 heteroatoms. The molecule has 2 aliphatic heterocycles. The molecule has 2 N–H and O–H groups in total. The number of carboxylic acid groups (broad SMARTS) is 1. The van der Waals surface area contributed by atoms with E-state index in [0.29, 0.717) is 51.1 Å². The molecule has 2 aliphatic rings.